The van der Waals surface area contributed by atoms with Crippen LogP contribution in [0.2, 0.25) is 5.02 Å². The zero-order chi connectivity index (χ0) is 11.7. The Hall–Kier alpha value is -0.640. The molecule has 0 bridgehead atoms. The van der Waals surface area contributed by atoms with Crippen molar-refractivity contribution in [3.8, 4) is 0 Å². The Bertz CT molecular complexity index is 542. The number of hydrogen-bond acceptors (Lipinski definition) is 2. The summed E-state index contributed by atoms with van der Waals surface area (Å²) in [6.45, 7) is 2.49. The van der Waals surface area contributed by atoms with Gasteiger partial charge in [0.2, 0.25) is 0 Å². The average molecular weight is 301 g/mol. The summed E-state index contributed by atoms with van der Waals surface area (Å²) in [5.41, 5.74) is 2.85. The Kier molecular flexibility index (Phi) is 3.47. The van der Waals surface area contributed by atoms with Crippen molar-refractivity contribution in [2.45, 2.75) is 13.5 Å². The molecule has 0 spiro atoms. The number of aromatic nitrogens is 1. The SMILES string of the molecule is COCc1cc(Cl)c2c(C)ccc(Br)c2n1. The highest BCUT2D eigenvalue weighted by Gasteiger charge is 2.09. The van der Waals surface area contributed by atoms with Crippen molar-refractivity contribution in [2.24, 2.45) is 0 Å². The van der Waals surface area contributed by atoms with Crippen LogP contribution in [-0.2, 0) is 11.3 Å². The van der Waals surface area contributed by atoms with Crippen molar-refractivity contribution in [3.05, 3.63) is 39.0 Å². The molecule has 0 unspecified atom stereocenters. The molecule has 1 heterocycles. The second-order valence-electron chi connectivity index (χ2n) is 3.62. The predicted molar refractivity (Wildman–Crippen MR) is 69.9 cm³/mol. The third-order valence-corrected chi connectivity index (χ3v) is 3.35. The maximum Gasteiger partial charge on any atom is 0.0884 e. The maximum atomic E-state index is 6.26. The highest BCUT2D eigenvalue weighted by molar-refractivity contribution is 9.10. The number of methoxy groups -OCH3 is 1. The first-order valence-electron chi connectivity index (χ1n) is 4.86. The minimum atomic E-state index is 0.468. The van der Waals surface area contributed by atoms with Crippen molar-refractivity contribution in [3.63, 3.8) is 0 Å². The van der Waals surface area contributed by atoms with E-state index in [4.69, 9.17) is 16.3 Å². The quantitative estimate of drug-likeness (QED) is 0.833. The smallest absolute Gasteiger partial charge is 0.0884 e. The van der Waals surface area contributed by atoms with Crippen molar-refractivity contribution in [1.29, 1.82) is 0 Å². The number of halogens is 2. The van der Waals surface area contributed by atoms with Crippen LogP contribution in [0.4, 0.5) is 0 Å². The van der Waals surface area contributed by atoms with Gasteiger partial charge in [-0.1, -0.05) is 17.7 Å². The van der Waals surface area contributed by atoms with E-state index in [1.165, 1.54) is 0 Å². The van der Waals surface area contributed by atoms with Crippen LogP contribution in [0.25, 0.3) is 10.9 Å². The summed E-state index contributed by atoms with van der Waals surface area (Å²) in [7, 11) is 1.64. The Labute approximate surface area is 108 Å². The van der Waals surface area contributed by atoms with Crippen molar-refractivity contribution in [1.82, 2.24) is 4.98 Å². The summed E-state index contributed by atoms with van der Waals surface area (Å²) in [6, 6.07) is 5.86. The molecule has 16 heavy (non-hydrogen) atoms. The van der Waals surface area contributed by atoms with Crippen LogP contribution in [-0.4, -0.2) is 12.1 Å². The second kappa shape index (κ2) is 4.70. The lowest BCUT2D eigenvalue weighted by Crippen LogP contribution is -1.95. The molecule has 2 rings (SSSR count). The molecule has 2 nitrogen and oxygen atoms in total. The van der Waals surface area contributed by atoms with Crippen LogP contribution in [0.15, 0.2) is 22.7 Å². The van der Waals surface area contributed by atoms with Crippen LogP contribution in [0.3, 0.4) is 0 Å². The van der Waals surface area contributed by atoms with E-state index in [1.54, 1.807) is 7.11 Å². The third kappa shape index (κ3) is 2.08. The van der Waals surface area contributed by atoms with Crippen LogP contribution in [0.1, 0.15) is 11.3 Å². The van der Waals surface area contributed by atoms with Gasteiger partial charge >= 0.3 is 0 Å². The highest BCUT2D eigenvalue weighted by atomic mass is 79.9. The molecule has 0 radical (unpaired) electrons. The molecule has 4 heteroatoms. The molecule has 0 aliphatic carbocycles. The number of ether oxygens (including phenoxy) is 1. The van der Waals surface area contributed by atoms with E-state index < -0.39 is 0 Å². The van der Waals surface area contributed by atoms with E-state index in [1.807, 2.05) is 25.1 Å². The normalized spacial score (nSPS) is 11.0. The molecular formula is C12H11BrClNO. The number of aryl methyl sites for hydroxylation is 1. The molecule has 0 amide bonds. The van der Waals surface area contributed by atoms with Gasteiger partial charge in [-0.05, 0) is 40.5 Å². The van der Waals surface area contributed by atoms with E-state index in [9.17, 15) is 0 Å². The molecule has 0 saturated carbocycles. The largest absolute Gasteiger partial charge is 0.378 e. The monoisotopic (exact) mass is 299 g/mol. The maximum absolute atomic E-state index is 6.26. The highest BCUT2D eigenvalue weighted by Crippen LogP contribution is 2.31. The fourth-order valence-corrected chi connectivity index (χ4v) is 2.48. The van der Waals surface area contributed by atoms with Gasteiger partial charge in [0.1, 0.15) is 0 Å². The van der Waals surface area contributed by atoms with E-state index >= 15 is 0 Å². The standard InChI is InChI=1S/C12H11BrClNO/c1-7-3-4-9(13)12-11(7)10(14)5-8(15-12)6-16-2/h3-5H,6H2,1-2H3. The molecule has 1 aromatic carbocycles. The summed E-state index contributed by atoms with van der Waals surface area (Å²) in [5.74, 6) is 0. The summed E-state index contributed by atoms with van der Waals surface area (Å²) in [4.78, 5) is 4.53. The summed E-state index contributed by atoms with van der Waals surface area (Å²) in [6.07, 6.45) is 0. The lowest BCUT2D eigenvalue weighted by atomic mass is 10.1. The van der Waals surface area contributed by atoms with Crippen molar-refractivity contribution >= 4 is 38.4 Å². The number of rotatable bonds is 2. The number of fused-ring (bicyclic) bond motifs is 1. The van der Waals surface area contributed by atoms with Gasteiger partial charge < -0.3 is 4.74 Å². The van der Waals surface area contributed by atoms with Gasteiger partial charge in [-0.2, -0.15) is 0 Å². The first-order chi connectivity index (χ1) is 7.63. The Balaban J connectivity index is 2.76. The van der Waals surface area contributed by atoms with Gasteiger partial charge in [0, 0.05) is 17.0 Å². The van der Waals surface area contributed by atoms with Crippen LogP contribution in [0, 0.1) is 6.92 Å². The van der Waals surface area contributed by atoms with Crippen LogP contribution in [0.5, 0.6) is 0 Å². The van der Waals surface area contributed by atoms with Gasteiger partial charge in [0.15, 0.2) is 0 Å². The predicted octanol–water partition coefficient (Wildman–Crippen LogP) is 4.11. The zero-order valence-corrected chi connectivity index (χ0v) is 11.4. The molecular weight excluding hydrogens is 289 g/mol. The zero-order valence-electron chi connectivity index (χ0n) is 9.05. The van der Waals surface area contributed by atoms with Crippen molar-refractivity contribution in [2.75, 3.05) is 7.11 Å². The molecule has 0 aliphatic heterocycles. The van der Waals surface area contributed by atoms with Crippen LogP contribution >= 0.6 is 27.5 Å². The van der Waals surface area contributed by atoms with E-state index in [0.29, 0.717) is 6.61 Å². The summed E-state index contributed by atoms with van der Waals surface area (Å²) >= 11 is 9.75. The van der Waals surface area contributed by atoms with Gasteiger partial charge in [-0.25, -0.2) is 4.98 Å². The van der Waals surface area contributed by atoms with Crippen molar-refractivity contribution < 1.29 is 4.74 Å². The third-order valence-electron chi connectivity index (χ3n) is 2.42. The molecule has 0 fully saturated rings. The molecule has 2 aromatic rings. The topological polar surface area (TPSA) is 22.1 Å². The van der Waals surface area contributed by atoms with Gasteiger partial charge in [0.25, 0.3) is 0 Å². The number of hydrogen-bond donors (Lipinski definition) is 0. The minimum Gasteiger partial charge on any atom is -0.378 e. The lowest BCUT2D eigenvalue weighted by Gasteiger charge is -2.08. The molecule has 0 N–H and O–H groups in total. The molecule has 0 saturated heterocycles. The van der Waals surface area contributed by atoms with Gasteiger partial charge in [-0.3, -0.25) is 0 Å². The minimum absolute atomic E-state index is 0.468. The Morgan fingerprint density at radius 3 is 2.88 bits per heavy atom. The Morgan fingerprint density at radius 2 is 2.19 bits per heavy atom. The summed E-state index contributed by atoms with van der Waals surface area (Å²) in [5, 5.41) is 1.71. The Morgan fingerprint density at radius 1 is 1.44 bits per heavy atom. The average Bonchev–Trinajstić information content (AvgIpc) is 2.23. The fraction of sp³-hybridized carbons (Fsp3) is 0.250. The summed E-state index contributed by atoms with van der Waals surface area (Å²) < 4.78 is 6.02. The second-order valence-corrected chi connectivity index (χ2v) is 4.88. The van der Waals surface area contributed by atoms with E-state index in [-0.39, 0.29) is 0 Å². The first kappa shape index (κ1) is 11.8. The van der Waals surface area contributed by atoms with E-state index in [0.717, 1.165) is 31.7 Å². The molecule has 0 atom stereocenters. The number of pyridine rings is 1. The van der Waals surface area contributed by atoms with E-state index in [2.05, 4.69) is 20.9 Å². The van der Waals surface area contributed by atoms with Gasteiger partial charge in [-0.15, -0.1) is 0 Å². The first-order valence-corrected chi connectivity index (χ1v) is 6.03. The molecule has 1 aromatic heterocycles. The van der Waals surface area contributed by atoms with Gasteiger partial charge in [0.05, 0.1) is 22.8 Å². The van der Waals surface area contributed by atoms with Crippen LogP contribution < -0.4 is 0 Å². The molecule has 84 valence electrons. The lowest BCUT2D eigenvalue weighted by molar-refractivity contribution is 0.182. The molecule has 0 aliphatic rings. The number of nitrogens with zero attached hydrogens (tertiary/aromatic N) is 1. The number of benzene rings is 1. The fourth-order valence-electron chi connectivity index (χ4n) is 1.69.